The average molecular weight is 357 g/mol. The topological polar surface area (TPSA) is 41.7 Å². The number of fused-ring (bicyclic) bond motifs is 2. The maximum Gasteiger partial charge on any atom is 0.135 e. The van der Waals surface area contributed by atoms with Crippen molar-refractivity contribution in [3.05, 3.63) is 32.4 Å². The minimum Gasteiger partial charge on any atom is -0.314 e. The summed E-state index contributed by atoms with van der Waals surface area (Å²) < 4.78 is 3.96. The minimum absolute atomic E-state index is 0.576. The quantitative estimate of drug-likeness (QED) is 0.772. The highest BCUT2D eigenvalue weighted by atomic mass is 79.9. The molecule has 2 heterocycles. The van der Waals surface area contributed by atoms with Crippen LogP contribution in [0.15, 0.2) is 21.1 Å². The van der Waals surface area contributed by atoms with E-state index in [1.54, 1.807) is 0 Å². The smallest absolute Gasteiger partial charge is 0.135 e. The molecule has 1 aliphatic heterocycles. The summed E-state index contributed by atoms with van der Waals surface area (Å²) in [4.78, 5) is 4.69. The van der Waals surface area contributed by atoms with Gasteiger partial charge in [0.25, 0.3) is 0 Å². The lowest BCUT2D eigenvalue weighted by Crippen LogP contribution is -2.28. The summed E-state index contributed by atoms with van der Waals surface area (Å²) in [6.45, 7) is 0.918. The van der Waals surface area contributed by atoms with E-state index in [0.29, 0.717) is 5.49 Å². The third-order valence-corrected chi connectivity index (χ3v) is 4.20. The SMILES string of the molecule is N=c1c2cc(Br)cc(Br)c2nc2n1CCCC2. The van der Waals surface area contributed by atoms with Gasteiger partial charge in [-0.05, 0) is 40.9 Å². The first-order valence-corrected chi connectivity index (χ1v) is 7.18. The number of nitrogens with zero attached hydrogens (tertiary/aromatic N) is 2. The largest absolute Gasteiger partial charge is 0.314 e. The summed E-state index contributed by atoms with van der Waals surface area (Å²) in [6.07, 6.45) is 3.29. The molecule has 3 nitrogen and oxygen atoms in total. The second-order valence-electron chi connectivity index (χ2n) is 4.27. The maximum atomic E-state index is 8.29. The molecule has 0 saturated carbocycles. The molecule has 1 aromatic heterocycles. The van der Waals surface area contributed by atoms with Crippen molar-refractivity contribution in [2.45, 2.75) is 25.8 Å². The van der Waals surface area contributed by atoms with Crippen LogP contribution >= 0.6 is 31.9 Å². The number of benzene rings is 1. The van der Waals surface area contributed by atoms with Crippen molar-refractivity contribution in [1.29, 1.82) is 5.41 Å². The summed E-state index contributed by atoms with van der Waals surface area (Å²) in [6, 6.07) is 3.95. The van der Waals surface area contributed by atoms with E-state index < -0.39 is 0 Å². The molecule has 17 heavy (non-hydrogen) atoms. The summed E-state index contributed by atoms with van der Waals surface area (Å²) >= 11 is 6.99. The van der Waals surface area contributed by atoms with Gasteiger partial charge in [-0.15, -0.1) is 0 Å². The molecule has 0 atom stereocenters. The van der Waals surface area contributed by atoms with Crippen LogP contribution in [-0.4, -0.2) is 9.55 Å². The molecule has 0 unspecified atom stereocenters. The number of aromatic nitrogens is 2. The Morgan fingerprint density at radius 1 is 1.24 bits per heavy atom. The first-order chi connectivity index (χ1) is 8.16. The summed E-state index contributed by atoms with van der Waals surface area (Å²) in [5.41, 5.74) is 1.47. The van der Waals surface area contributed by atoms with Crippen molar-refractivity contribution < 1.29 is 0 Å². The number of hydrogen-bond donors (Lipinski definition) is 1. The Balaban J connectivity index is 2.44. The van der Waals surface area contributed by atoms with E-state index >= 15 is 0 Å². The summed E-state index contributed by atoms with van der Waals surface area (Å²) in [5.74, 6) is 1.04. The van der Waals surface area contributed by atoms with Crippen LogP contribution in [0.1, 0.15) is 18.7 Å². The van der Waals surface area contributed by atoms with Crippen LogP contribution in [0.3, 0.4) is 0 Å². The Morgan fingerprint density at radius 2 is 2.06 bits per heavy atom. The Morgan fingerprint density at radius 3 is 2.88 bits per heavy atom. The van der Waals surface area contributed by atoms with Gasteiger partial charge < -0.3 is 4.57 Å². The van der Waals surface area contributed by atoms with Gasteiger partial charge in [-0.3, -0.25) is 5.41 Å². The van der Waals surface area contributed by atoms with E-state index in [9.17, 15) is 0 Å². The lowest BCUT2D eigenvalue weighted by Gasteiger charge is -2.19. The van der Waals surface area contributed by atoms with E-state index in [2.05, 4.69) is 31.9 Å². The van der Waals surface area contributed by atoms with Gasteiger partial charge in [0.1, 0.15) is 11.3 Å². The van der Waals surface area contributed by atoms with E-state index in [1.807, 2.05) is 16.7 Å². The van der Waals surface area contributed by atoms with Gasteiger partial charge in [0.05, 0.1) is 5.52 Å². The molecule has 0 saturated heterocycles. The Labute approximate surface area is 116 Å². The zero-order valence-electron chi connectivity index (χ0n) is 9.13. The second kappa shape index (κ2) is 4.21. The first kappa shape index (κ1) is 11.4. The highest BCUT2D eigenvalue weighted by Crippen LogP contribution is 2.26. The van der Waals surface area contributed by atoms with Gasteiger partial charge in [-0.2, -0.15) is 0 Å². The molecule has 1 aromatic carbocycles. The van der Waals surface area contributed by atoms with E-state index in [1.165, 1.54) is 6.42 Å². The first-order valence-electron chi connectivity index (χ1n) is 5.60. The fourth-order valence-electron chi connectivity index (χ4n) is 2.31. The Bertz CT molecular complexity index is 661. The minimum atomic E-state index is 0.576. The van der Waals surface area contributed by atoms with Crippen molar-refractivity contribution in [2.75, 3.05) is 0 Å². The molecule has 0 spiro atoms. The van der Waals surface area contributed by atoms with Crippen LogP contribution in [-0.2, 0) is 13.0 Å². The average Bonchev–Trinajstić information content (AvgIpc) is 2.31. The number of nitrogens with one attached hydrogen (secondary N) is 1. The number of hydrogen-bond acceptors (Lipinski definition) is 2. The molecular weight excluding hydrogens is 346 g/mol. The summed E-state index contributed by atoms with van der Waals surface area (Å²) in [5, 5.41) is 9.19. The third kappa shape index (κ3) is 1.85. The zero-order valence-corrected chi connectivity index (χ0v) is 12.3. The van der Waals surface area contributed by atoms with Gasteiger partial charge in [-0.1, -0.05) is 15.9 Å². The maximum absolute atomic E-state index is 8.29. The monoisotopic (exact) mass is 355 g/mol. The molecule has 2 aromatic rings. The van der Waals surface area contributed by atoms with Gasteiger partial charge in [0.2, 0.25) is 0 Å². The molecule has 3 rings (SSSR count). The third-order valence-electron chi connectivity index (χ3n) is 3.14. The Kier molecular flexibility index (Phi) is 2.83. The molecular formula is C12H11Br2N3. The fourth-order valence-corrected chi connectivity index (χ4v) is 3.62. The number of aryl methyl sites for hydroxylation is 1. The molecule has 5 heteroatoms. The van der Waals surface area contributed by atoms with Crippen molar-refractivity contribution in [2.24, 2.45) is 0 Å². The van der Waals surface area contributed by atoms with Crippen LogP contribution in [0, 0.1) is 5.41 Å². The molecule has 0 aliphatic carbocycles. The fraction of sp³-hybridized carbons (Fsp3) is 0.333. The second-order valence-corrected chi connectivity index (χ2v) is 6.04. The van der Waals surface area contributed by atoms with Gasteiger partial charge in [0, 0.05) is 27.3 Å². The van der Waals surface area contributed by atoms with E-state index in [-0.39, 0.29) is 0 Å². The normalized spacial score (nSPS) is 14.9. The molecule has 0 fully saturated rings. The molecule has 0 radical (unpaired) electrons. The van der Waals surface area contributed by atoms with Crippen molar-refractivity contribution >= 4 is 42.8 Å². The zero-order chi connectivity index (χ0) is 12.0. The highest BCUT2D eigenvalue weighted by Gasteiger charge is 2.14. The standard InChI is InChI=1S/C12H11Br2N3/c13-7-5-8-11(9(14)6-7)16-10-3-1-2-4-17(10)12(8)15/h5-6,15H,1-4H2. The van der Waals surface area contributed by atoms with Gasteiger partial charge in [-0.25, -0.2) is 4.98 Å². The van der Waals surface area contributed by atoms with Crippen LogP contribution in [0.4, 0.5) is 0 Å². The van der Waals surface area contributed by atoms with Crippen LogP contribution in [0.5, 0.6) is 0 Å². The summed E-state index contributed by atoms with van der Waals surface area (Å²) in [7, 11) is 0. The van der Waals surface area contributed by atoms with E-state index in [0.717, 1.165) is 45.1 Å². The number of rotatable bonds is 0. The number of halogens is 2. The molecule has 1 N–H and O–H groups in total. The van der Waals surface area contributed by atoms with Crippen molar-refractivity contribution in [3.63, 3.8) is 0 Å². The lowest BCUT2D eigenvalue weighted by atomic mass is 10.1. The van der Waals surface area contributed by atoms with Crippen molar-refractivity contribution in [1.82, 2.24) is 9.55 Å². The van der Waals surface area contributed by atoms with E-state index in [4.69, 9.17) is 10.4 Å². The lowest BCUT2D eigenvalue weighted by molar-refractivity contribution is 0.493. The predicted octanol–water partition coefficient (Wildman–Crippen LogP) is 3.38. The molecule has 0 amide bonds. The van der Waals surface area contributed by atoms with Crippen LogP contribution in [0.25, 0.3) is 10.9 Å². The van der Waals surface area contributed by atoms with Crippen molar-refractivity contribution in [3.8, 4) is 0 Å². The van der Waals surface area contributed by atoms with Crippen LogP contribution in [0.2, 0.25) is 0 Å². The molecule has 88 valence electrons. The molecule has 1 aliphatic rings. The van der Waals surface area contributed by atoms with Crippen LogP contribution < -0.4 is 5.49 Å². The molecule has 0 bridgehead atoms. The predicted molar refractivity (Wildman–Crippen MR) is 73.9 cm³/mol. The highest BCUT2D eigenvalue weighted by molar-refractivity contribution is 9.11. The van der Waals surface area contributed by atoms with Gasteiger partial charge >= 0.3 is 0 Å². The van der Waals surface area contributed by atoms with Gasteiger partial charge in [0.15, 0.2) is 0 Å². The Hall–Kier alpha value is -0.680.